The van der Waals surface area contributed by atoms with E-state index >= 15 is 0 Å². The van der Waals surface area contributed by atoms with E-state index in [1.807, 2.05) is 13.1 Å². The number of rotatable bonds is 4. The number of pyridine rings is 1. The zero-order chi connectivity index (χ0) is 16.4. The molecule has 0 saturated carbocycles. The van der Waals surface area contributed by atoms with E-state index in [1.165, 1.54) is 29.4 Å². The molecule has 2 N–H and O–H groups in total. The standard InChI is InChI=1S/C17H19N3O2S/c1-10-14(13-5-6-18-7-12(13)8-19-10)9-20-17(22)16-4-3-15(23-16)11(2)21/h3-4,8,18H,5-7,9H2,1-2H3,(H,20,22). The summed E-state index contributed by atoms with van der Waals surface area (Å²) < 4.78 is 0. The molecular weight excluding hydrogens is 310 g/mol. The minimum Gasteiger partial charge on any atom is -0.347 e. The van der Waals surface area contributed by atoms with Crippen molar-refractivity contribution in [3.63, 3.8) is 0 Å². The number of aromatic nitrogens is 1. The Hall–Kier alpha value is -2.05. The largest absolute Gasteiger partial charge is 0.347 e. The highest BCUT2D eigenvalue weighted by atomic mass is 32.1. The van der Waals surface area contributed by atoms with Gasteiger partial charge in [0.2, 0.25) is 0 Å². The average molecular weight is 329 g/mol. The number of Topliss-reactive ketones (excluding diaryl/α,β-unsaturated/α-hetero) is 1. The number of thiophene rings is 1. The van der Waals surface area contributed by atoms with E-state index in [0.717, 1.165) is 30.8 Å². The Morgan fingerprint density at radius 3 is 2.87 bits per heavy atom. The Kier molecular flexibility index (Phi) is 4.54. The van der Waals surface area contributed by atoms with E-state index in [9.17, 15) is 9.59 Å². The van der Waals surface area contributed by atoms with E-state index in [4.69, 9.17) is 0 Å². The van der Waals surface area contributed by atoms with Crippen molar-refractivity contribution >= 4 is 23.0 Å². The van der Waals surface area contributed by atoms with Crippen LogP contribution < -0.4 is 10.6 Å². The minimum absolute atomic E-state index is 0.0151. The number of fused-ring (bicyclic) bond motifs is 1. The Morgan fingerprint density at radius 1 is 1.35 bits per heavy atom. The van der Waals surface area contributed by atoms with Crippen LogP contribution in [0.5, 0.6) is 0 Å². The summed E-state index contributed by atoms with van der Waals surface area (Å²) in [5, 5.41) is 6.29. The number of hydrogen-bond acceptors (Lipinski definition) is 5. The normalized spacial score (nSPS) is 13.5. The van der Waals surface area contributed by atoms with Gasteiger partial charge in [0.15, 0.2) is 5.78 Å². The van der Waals surface area contributed by atoms with E-state index in [-0.39, 0.29) is 11.7 Å². The van der Waals surface area contributed by atoms with Crippen molar-refractivity contribution in [2.24, 2.45) is 0 Å². The first-order valence-electron chi connectivity index (χ1n) is 7.62. The smallest absolute Gasteiger partial charge is 0.261 e. The van der Waals surface area contributed by atoms with Crippen molar-refractivity contribution in [1.29, 1.82) is 0 Å². The molecule has 0 aromatic carbocycles. The Morgan fingerprint density at radius 2 is 2.13 bits per heavy atom. The van der Waals surface area contributed by atoms with Crippen molar-refractivity contribution in [2.45, 2.75) is 33.4 Å². The van der Waals surface area contributed by atoms with E-state index in [0.29, 0.717) is 16.3 Å². The third-order valence-electron chi connectivity index (χ3n) is 4.07. The van der Waals surface area contributed by atoms with Gasteiger partial charge < -0.3 is 10.6 Å². The molecule has 2 aromatic heterocycles. The van der Waals surface area contributed by atoms with Crippen LogP contribution in [0.4, 0.5) is 0 Å². The molecule has 0 aliphatic carbocycles. The monoisotopic (exact) mass is 329 g/mol. The van der Waals surface area contributed by atoms with E-state index in [2.05, 4.69) is 15.6 Å². The van der Waals surface area contributed by atoms with Gasteiger partial charge in [-0.3, -0.25) is 14.6 Å². The summed E-state index contributed by atoms with van der Waals surface area (Å²) in [6.07, 6.45) is 2.87. The molecule has 0 spiro atoms. The topological polar surface area (TPSA) is 71.1 Å². The van der Waals surface area contributed by atoms with Crippen molar-refractivity contribution < 1.29 is 9.59 Å². The lowest BCUT2D eigenvalue weighted by molar-refractivity contribution is 0.0954. The molecule has 3 heterocycles. The van der Waals surface area contributed by atoms with Gasteiger partial charge in [-0.2, -0.15) is 0 Å². The average Bonchev–Trinajstić information content (AvgIpc) is 3.04. The lowest BCUT2D eigenvalue weighted by Crippen LogP contribution is -2.28. The van der Waals surface area contributed by atoms with Crippen molar-refractivity contribution in [3.8, 4) is 0 Å². The molecule has 1 amide bonds. The molecule has 1 aliphatic rings. The van der Waals surface area contributed by atoms with Gasteiger partial charge in [-0.25, -0.2) is 0 Å². The third kappa shape index (κ3) is 3.33. The predicted molar refractivity (Wildman–Crippen MR) is 89.9 cm³/mol. The van der Waals surface area contributed by atoms with Gasteiger partial charge in [0.1, 0.15) is 0 Å². The zero-order valence-corrected chi connectivity index (χ0v) is 14.0. The van der Waals surface area contributed by atoms with Crippen LogP contribution in [-0.4, -0.2) is 23.2 Å². The predicted octanol–water partition coefficient (Wildman–Crippen LogP) is 2.23. The van der Waals surface area contributed by atoms with Crippen LogP contribution in [0.1, 0.15) is 48.7 Å². The highest BCUT2D eigenvalue weighted by Gasteiger charge is 2.17. The van der Waals surface area contributed by atoms with Gasteiger partial charge in [-0.15, -0.1) is 11.3 Å². The van der Waals surface area contributed by atoms with Crippen LogP contribution in [0.3, 0.4) is 0 Å². The summed E-state index contributed by atoms with van der Waals surface area (Å²) in [7, 11) is 0. The molecule has 0 fully saturated rings. The van der Waals surface area contributed by atoms with Crippen LogP contribution >= 0.6 is 11.3 Å². The second kappa shape index (κ2) is 6.60. The van der Waals surface area contributed by atoms with Crippen LogP contribution in [0.15, 0.2) is 18.3 Å². The molecule has 23 heavy (non-hydrogen) atoms. The fourth-order valence-electron chi connectivity index (χ4n) is 2.78. The summed E-state index contributed by atoms with van der Waals surface area (Å²) in [6.45, 7) is 5.73. The maximum absolute atomic E-state index is 12.3. The van der Waals surface area contributed by atoms with Crippen molar-refractivity contribution in [3.05, 3.63) is 50.5 Å². The number of nitrogens with one attached hydrogen (secondary N) is 2. The fourth-order valence-corrected chi connectivity index (χ4v) is 3.60. The number of ketones is 1. The van der Waals surface area contributed by atoms with E-state index in [1.54, 1.807) is 12.1 Å². The summed E-state index contributed by atoms with van der Waals surface area (Å²) in [4.78, 5) is 29.2. The van der Waals surface area contributed by atoms with Gasteiger partial charge in [0, 0.05) is 25.0 Å². The first-order valence-corrected chi connectivity index (χ1v) is 8.44. The quantitative estimate of drug-likeness (QED) is 0.844. The van der Waals surface area contributed by atoms with Gasteiger partial charge in [0.05, 0.1) is 9.75 Å². The Labute approximate surface area is 139 Å². The minimum atomic E-state index is -0.145. The first-order chi connectivity index (χ1) is 11.1. The summed E-state index contributed by atoms with van der Waals surface area (Å²) in [5.74, 6) is -0.160. The second-order valence-electron chi connectivity index (χ2n) is 5.66. The van der Waals surface area contributed by atoms with Crippen LogP contribution in [-0.2, 0) is 19.5 Å². The lowest BCUT2D eigenvalue weighted by atomic mass is 9.96. The third-order valence-corrected chi connectivity index (χ3v) is 5.26. The molecule has 2 aromatic rings. The summed E-state index contributed by atoms with van der Waals surface area (Å²) in [6, 6.07) is 3.40. The van der Waals surface area contributed by atoms with Crippen molar-refractivity contribution in [1.82, 2.24) is 15.6 Å². The molecule has 0 radical (unpaired) electrons. The molecule has 120 valence electrons. The molecule has 6 heteroatoms. The maximum atomic E-state index is 12.3. The number of hydrogen-bond donors (Lipinski definition) is 2. The maximum Gasteiger partial charge on any atom is 0.261 e. The molecule has 0 bridgehead atoms. The molecule has 0 saturated heterocycles. The SMILES string of the molecule is CC(=O)c1ccc(C(=O)NCc2c(C)ncc3c2CCNC3)s1. The zero-order valence-electron chi connectivity index (χ0n) is 13.2. The van der Waals surface area contributed by atoms with Crippen LogP contribution in [0, 0.1) is 6.92 Å². The molecule has 3 rings (SSSR count). The van der Waals surface area contributed by atoms with Crippen molar-refractivity contribution in [2.75, 3.05) is 6.54 Å². The summed E-state index contributed by atoms with van der Waals surface area (Å²) in [5.41, 5.74) is 4.58. The van der Waals surface area contributed by atoms with Gasteiger partial charge in [-0.1, -0.05) is 0 Å². The van der Waals surface area contributed by atoms with Crippen LogP contribution in [0.2, 0.25) is 0 Å². The van der Waals surface area contributed by atoms with Gasteiger partial charge in [-0.05, 0) is 55.6 Å². The Balaban J connectivity index is 1.75. The lowest BCUT2D eigenvalue weighted by Gasteiger charge is -2.21. The number of nitrogens with zero attached hydrogens (tertiary/aromatic N) is 1. The fraction of sp³-hybridized carbons (Fsp3) is 0.353. The summed E-state index contributed by atoms with van der Waals surface area (Å²) >= 11 is 1.23. The number of carbonyl (C=O) groups is 2. The van der Waals surface area contributed by atoms with Crippen LogP contribution in [0.25, 0.3) is 0 Å². The number of amides is 1. The van der Waals surface area contributed by atoms with E-state index < -0.39 is 0 Å². The molecule has 0 unspecified atom stereocenters. The molecule has 5 nitrogen and oxygen atoms in total. The number of aryl methyl sites for hydroxylation is 1. The van der Waals surface area contributed by atoms with Gasteiger partial charge in [0.25, 0.3) is 5.91 Å². The first kappa shape index (κ1) is 15.8. The highest BCUT2D eigenvalue weighted by molar-refractivity contribution is 7.15. The highest BCUT2D eigenvalue weighted by Crippen LogP contribution is 2.21. The van der Waals surface area contributed by atoms with Gasteiger partial charge >= 0.3 is 0 Å². The number of carbonyl (C=O) groups excluding carboxylic acids is 2. The molecule has 0 atom stereocenters. The molecular formula is C17H19N3O2S. The second-order valence-corrected chi connectivity index (χ2v) is 6.74. The molecule has 1 aliphatic heterocycles. The Bertz CT molecular complexity index is 767.